The van der Waals surface area contributed by atoms with Gasteiger partial charge in [0.15, 0.2) is 11.4 Å². The first kappa shape index (κ1) is 37.1. The van der Waals surface area contributed by atoms with Crippen LogP contribution in [0.15, 0.2) is 110 Å². The van der Waals surface area contributed by atoms with Crippen molar-refractivity contribution in [1.82, 2.24) is 0 Å². The molecule has 0 heterocycles. The minimum Gasteiger partial charge on any atom is -0.494 e. The summed E-state index contributed by atoms with van der Waals surface area (Å²) >= 11 is 0. The Morgan fingerprint density at radius 2 is 0.917 bits per heavy atom. The van der Waals surface area contributed by atoms with Crippen LogP contribution in [0.4, 0.5) is 11.4 Å². The first-order valence-corrected chi connectivity index (χ1v) is 16.4. The molecule has 4 aromatic rings. The van der Waals surface area contributed by atoms with Gasteiger partial charge in [-0.15, -0.1) is 0 Å². The summed E-state index contributed by atoms with van der Waals surface area (Å²) < 4.78 is 16.4. The van der Waals surface area contributed by atoms with Gasteiger partial charge in [0.05, 0.1) is 33.0 Å². The summed E-state index contributed by atoms with van der Waals surface area (Å²) in [5.41, 5.74) is 5.70. The lowest BCUT2D eigenvalue weighted by Gasteiger charge is -2.08. The highest BCUT2D eigenvalue weighted by atomic mass is 16.5. The van der Waals surface area contributed by atoms with Crippen LogP contribution in [0, 0.1) is 13.1 Å². The van der Waals surface area contributed by atoms with E-state index >= 15 is 0 Å². The predicted octanol–water partition coefficient (Wildman–Crippen LogP) is 10.4. The third-order valence-electron chi connectivity index (χ3n) is 7.41. The molecule has 0 aliphatic heterocycles. The topological polar surface area (TPSA) is 73.7 Å². The van der Waals surface area contributed by atoms with Gasteiger partial charge in [0.25, 0.3) is 0 Å². The van der Waals surface area contributed by atoms with Gasteiger partial charge in [0.2, 0.25) is 0 Å². The zero-order valence-electron chi connectivity index (χ0n) is 27.5. The standard InChI is InChI=1S/C22H23NO3.C19H21NO2/c1-3-22(24)26-17-7-5-4-6-16-25-21-14-10-19(11-15-21)18-8-12-20(23-2)13-9-18;1-20-18-10-6-16(7-11-18)17-8-12-19(13-9-17)22-15-5-3-2-4-14-21/h3,8-15H,1,4-7,16-17H2;6-13,21H,2-5,14-15H2. The molecule has 0 saturated carbocycles. The first-order chi connectivity index (χ1) is 23.6. The summed E-state index contributed by atoms with van der Waals surface area (Å²) in [6, 6.07) is 31.2. The van der Waals surface area contributed by atoms with E-state index in [1.807, 2.05) is 97.1 Å². The molecule has 4 aromatic carbocycles. The Labute approximate surface area is 285 Å². The van der Waals surface area contributed by atoms with Crippen LogP contribution in [0.25, 0.3) is 31.9 Å². The molecular weight excluding hydrogens is 600 g/mol. The molecule has 4 rings (SSSR count). The Morgan fingerprint density at radius 1 is 0.562 bits per heavy atom. The number of nitrogens with zero attached hydrogens (tertiary/aromatic N) is 2. The zero-order valence-corrected chi connectivity index (χ0v) is 27.5. The average Bonchev–Trinajstić information content (AvgIpc) is 3.15. The van der Waals surface area contributed by atoms with Crippen molar-refractivity contribution in [3.63, 3.8) is 0 Å². The maximum Gasteiger partial charge on any atom is 0.330 e. The van der Waals surface area contributed by atoms with E-state index in [1.165, 1.54) is 6.08 Å². The molecule has 0 atom stereocenters. The van der Waals surface area contributed by atoms with Gasteiger partial charge in [-0.3, -0.25) is 0 Å². The van der Waals surface area contributed by atoms with Crippen molar-refractivity contribution >= 4 is 17.3 Å². The fourth-order valence-corrected chi connectivity index (χ4v) is 4.68. The number of carbonyl (C=O) groups is 1. The maximum atomic E-state index is 10.9. The summed E-state index contributed by atoms with van der Waals surface area (Å²) in [4.78, 5) is 17.7. The van der Waals surface area contributed by atoms with Gasteiger partial charge in [-0.2, -0.15) is 0 Å². The van der Waals surface area contributed by atoms with Crippen molar-refractivity contribution in [2.45, 2.75) is 51.4 Å². The normalized spacial score (nSPS) is 10.1. The van der Waals surface area contributed by atoms with Crippen LogP contribution in [-0.2, 0) is 9.53 Å². The lowest BCUT2D eigenvalue weighted by molar-refractivity contribution is -0.137. The first-order valence-electron chi connectivity index (χ1n) is 16.4. The zero-order chi connectivity index (χ0) is 34.2. The van der Waals surface area contributed by atoms with E-state index in [-0.39, 0.29) is 12.6 Å². The van der Waals surface area contributed by atoms with Crippen molar-refractivity contribution in [1.29, 1.82) is 0 Å². The second-order valence-corrected chi connectivity index (χ2v) is 11.0. The molecule has 0 aromatic heterocycles. The van der Waals surface area contributed by atoms with Crippen LogP contribution >= 0.6 is 0 Å². The smallest absolute Gasteiger partial charge is 0.330 e. The number of ether oxygens (including phenoxy) is 3. The number of aliphatic hydroxyl groups is 1. The Morgan fingerprint density at radius 3 is 1.27 bits per heavy atom. The van der Waals surface area contributed by atoms with Crippen molar-refractivity contribution in [2.75, 3.05) is 26.4 Å². The van der Waals surface area contributed by atoms with Crippen LogP contribution in [0.1, 0.15) is 51.4 Å². The van der Waals surface area contributed by atoms with E-state index in [0.717, 1.165) is 85.1 Å². The van der Waals surface area contributed by atoms with Crippen molar-refractivity contribution < 1.29 is 24.1 Å². The largest absolute Gasteiger partial charge is 0.494 e. The number of benzene rings is 4. The summed E-state index contributed by atoms with van der Waals surface area (Å²) in [7, 11) is 0. The van der Waals surface area contributed by atoms with E-state index in [4.69, 9.17) is 32.5 Å². The van der Waals surface area contributed by atoms with Crippen LogP contribution < -0.4 is 9.47 Å². The molecule has 0 aliphatic rings. The Kier molecular flexibility index (Phi) is 17.2. The quantitative estimate of drug-likeness (QED) is 0.0505. The van der Waals surface area contributed by atoms with Gasteiger partial charge < -0.3 is 19.3 Å². The molecule has 1 N–H and O–H groups in total. The van der Waals surface area contributed by atoms with Crippen molar-refractivity contribution in [3.8, 4) is 33.8 Å². The van der Waals surface area contributed by atoms with E-state index in [2.05, 4.69) is 16.3 Å². The van der Waals surface area contributed by atoms with Gasteiger partial charge in [-0.25, -0.2) is 14.5 Å². The van der Waals surface area contributed by atoms with E-state index in [9.17, 15) is 4.79 Å². The highest BCUT2D eigenvalue weighted by molar-refractivity contribution is 5.81. The van der Waals surface area contributed by atoms with Crippen molar-refractivity contribution in [3.05, 3.63) is 133 Å². The van der Waals surface area contributed by atoms with E-state index < -0.39 is 0 Å². The monoisotopic (exact) mass is 644 g/mol. The van der Waals surface area contributed by atoms with E-state index in [1.54, 1.807) is 0 Å². The highest BCUT2D eigenvalue weighted by Gasteiger charge is 2.02. The molecule has 48 heavy (non-hydrogen) atoms. The molecule has 7 heteroatoms. The molecule has 7 nitrogen and oxygen atoms in total. The summed E-state index contributed by atoms with van der Waals surface area (Å²) in [5, 5.41) is 8.70. The number of rotatable bonds is 18. The summed E-state index contributed by atoms with van der Waals surface area (Å²) in [6.07, 6.45) is 9.09. The third-order valence-corrected chi connectivity index (χ3v) is 7.41. The van der Waals surface area contributed by atoms with E-state index in [0.29, 0.717) is 31.2 Å². The fraction of sp³-hybridized carbons (Fsp3) is 0.293. The second kappa shape index (κ2) is 22.2. The fourth-order valence-electron chi connectivity index (χ4n) is 4.68. The number of hydrogen-bond donors (Lipinski definition) is 1. The number of unbranched alkanes of at least 4 members (excludes halogenated alkanes) is 6. The second-order valence-electron chi connectivity index (χ2n) is 11.0. The third kappa shape index (κ3) is 14.0. The molecule has 0 saturated heterocycles. The number of carbonyl (C=O) groups excluding carboxylic acids is 1. The van der Waals surface area contributed by atoms with Gasteiger partial charge in [-0.1, -0.05) is 85.8 Å². The van der Waals surface area contributed by atoms with Crippen LogP contribution in [0.3, 0.4) is 0 Å². The number of aliphatic hydroxyl groups excluding tert-OH is 1. The SMILES string of the molecule is [C-]#[N+]c1ccc(-c2ccc(OCCCCCCO)cc2)cc1.[C-]#[N+]c1ccc(-c2ccc(OCCCCCCOC(=O)C=C)cc2)cc1. The Balaban J connectivity index is 0.000000264. The minimum atomic E-state index is -0.362. The summed E-state index contributed by atoms with van der Waals surface area (Å²) in [6.45, 7) is 19.4. The van der Waals surface area contributed by atoms with Crippen LogP contribution in [0.5, 0.6) is 11.5 Å². The highest BCUT2D eigenvalue weighted by Crippen LogP contribution is 2.26. The maximum absolute atomic E-state index is 10.9. The molecule has 0 bridgehead atoms. The van der Waals surface area contributed by atoms with Crippen LogP contribution in [-0.4, -0.2) is 37.5 Å². The van der Waals surface area contributed by atoms with Gasteiger partial charge >= 0.3 is 5.97 Å². The molecule has 0 radical (unpaired) electrons. The number of hydrogen-bond acceptors (Lipinski definition) is 5. The van der Waals surface area contributed by atoms with Gasteiger partial charge in [0.1, 0.15) is 11.5 Å². The Bertz CT molecular complexity index is 1580. The number of esters is 1. The van der Waals surface area contributed by atoms with Crippen molar-refractivity contribution in [2.24, 2.45) is 0 Å². The molecule has 0 spiro atoms. The molecule has 0 aliphatic carbocycles. The Hall–Kier alpha value is -5.37. The molecule has 0 unspecified atom stereocenters. The molecular formula is C41H44N2O5. The lowest BCUT2D eigenvalue weighted by Crippen LogP contribution is -2.02. The molecule has 248 valence electrons. The van der Waals surface area contributed by atoms with Gasteiger partial charge in [-0.05, 0) is 91.5 Å². The summed E-state index contributed by atoms with van der Waals surface area (Å²) in [5.74, 6) is 1.37. The molecule has 0 fully saturated rings. The lowest BCUT2D eigenvalue weighted by atomic mass is 10.1. The minimum absolute atomic E-state index is 0.277. The van der Waals surface area contributed by atoms with Crippen LogP contribution in [0.2, 0.25) is 0 Å². The average molecular weight is 645 g/mol. The van der Waals surface area contributed by atoms with Gasteiger partial charge in [0, 0.05) is 12.7 Å². The predicted molar refractivity (Wildman–Crippen MR) is 192 cm³/mol. The molecule has 0 amide bonds.